The number of aryl methyl sites for hydroxylation is 3. The number of fused-ring (bicyclic) bond motifs is 3. The van der Waals surface area contributed by atoms with Crippen LogP contribution in [0.1, 0.15) is 47.9 Å². The fourth-order valence-corrected chi connectivity index (χ4v) is 7.05. The van der Waals surface area contributed by atoms with Crippen molar-refractivity contribution in [3.8, 4) is 5.75 Å². The molecule has 4 aliphatic rings. The maximum Gasteiger partial charge on any atom is 0.238 e. The molecule has 1 saturated heterocycles. The van der Waals surface area contributed by atoms with Crippen molar-refractivity contribution in [2.45, 2.75) is 46.5 Å². The number of benzene rings is 2. The average molecular weight is 542 g/mol. The summed E-state index contributed by atoms with van der Waals surface area (Å²) >= 11 is 6.33. The highest BCUT2D eigenvalue weighted by Gasteiger charge is 2.56. The first-order valence-corrected chi connectivity index (χ1v) is 13.5. The standard InChI is InChI=1S/C32H28ClNO5/c1-14-5-6-19(12-24(14)33)34-31(38)21-8-7-20-22(27(21)32(34)39)13-23-25(35)11-17(4)30(37)28(23)26(20)18-9-15(2)29(36)16(3)10-18/h5-7,9-12,21-22,26-27,36H,8,13H2,1-4H3/t21-,22+,26-,27-/m0/s1. The van der Waals surface area contributed by atoms with Gasteiger partial charge in [0, 0.05) is 27.7 Å². The van der Waals surface area contributed by atoms with Crippen LogP contribution >= 0.6 is 11.6 Å². The number of carbonyl (C=O) groups excluding carboxylic acids is 4. The molecule has 6 rings (SSSR count). The normalized spacial score (nSPS) is 26.3. The van der Waals surface area contributed by atoms with E-state index in [1.54, 1.807) is 39.0 Å². The predicted octanol–water partition coefficient (Wildman–Crippen LogP) is 5.60. The van der Waals surface area contributed by atoms with Crippen LogP contribution in [0.3, 0.4) is 0 Å². The van der Waals surface area contributed by atoms with E-state index in [-0.39, 0.29) is 35.6 Å². The molecule has 2 aromatic carbocycles. The van der Waals surface area contributed by atoms with Crippen molar-refractivity contribution in [3.63, 3.8) is 0 Å². The Kier molecular flexibility index (Phi) is 5.81. The van der Waals surface area contributed by atoms with Crippen molar-refractivity contribution < 1.29 is 24.3 Å². The smallest absolute Gasteiger partial charge is 0.238 e. The van der Waals surface area contributed by atoms with Crippen molar-refractivity contribution in [1.82, 2.24) is 0 Å². The monoisotopic (exact) mass is 541 g/mol. The molecule has 0 bridgehead atoms. The second-order valence-electron chi connectivity index (χ2n) is 11.2. The molecular formula is C32H28ClNO5. The van der Waals surface area contributed by atoms with Crippen LogP contribution in [0.5, 0.6) is 5.75 Å². The van der Waals surface area contributed by atoms with Gasteiger partial charge in [0.1, 0.15) is 5.75 Å². The number of phenols is 1. The maximum atomic E-state index is 14.0. The minimum absolute atomic E-state index is 0.177. The van der Waals surface area contributed by atoms with Crippen LogP contribution in [0.4, 0.5) is 5.69 Å². The molecule has 0 spiro atoms. The number of Topliss-reactive ketones (excluding diaryl/α,β-unsaturated/α-hetero) is 1. The Hall–Kier alpha value is -3.77. The molecule has 7 heteroatoms. The molecule has 1 heterocycles. The molecule has 1 N–H and O–H groups in total. The number of nitrogens with zero attached hydrogens (tertiary/aromatic N) is 1. The molecule has 2 aromatic rings. The highest BCUT2D eigenvalue weighted by Crippen LogP contribution is 2.55. The predicted molar refractivity (Wildman–Crippen MR) is 148 cm³/mol. The van der Waals surface area contributed by atoms with Gasteiger partial charge in [-0.15, -0.1) is 0 Å². The summed E-state index contributed by atoms with van der Waals surface area (Å²) < 4.78 is 0. The number of aromatic hydroxyl groups is 1. The largest absolute Gasteiger partial charge is 0.507 e. The number of anilines is 1. The summed E-state index contributed by atoms with van der Waals surface area (Å²) in [4.78, 5) is 55.7. The Morgan fingerprint density at radius 2 is 1.59 bits per heavy atom. The topological polar surface area (TPSA) is 91.8 Å². The van der Waals surface area contributed by atoms with Gasteiger partial charge in [-0.3, -0.25) is 19.2 Å². The minimum atomic E-state index is -0.650. The van der Waals surface area contributed by atoms with E-state index in [2.05, 4.69) is 0 Å². The van der Waals surface area contributed by atoms with Crippen LogP contribution in [-0.4, -0.2) is 28.5 Å². The Morgan fingerprint density at radius 1 is 0.897 bits per heavy atom. The van der Waals surface area contributed by atoms with Gasteiger partial charge < -0.3 is 5.11 Å². The number of hydrogen-bond donors (Lipinski definition) is 1. The SMILES string of the molecule is CC1=CC(=O)C2=C(C1=O)[C@@H](c1cc(C)c(O)c(C)c1)C1=CC[C@@H]3C(=O)N(c4ccc(C)c(Cl)c4)C(=O)[C@@H]3[C@@H]1C2. The van der Waals surface area contributed by atoms with E-state index >= 15 is 0 Å². The van der Waals surface area contributed by atoms with E-state index in [9.17, 15) is 24.3 Å². The number of amides is 2. The molecule has 4 atom stereocenters. The van der Waals surface area contributed by atoms with Crippen LogP contribution in [0.25, 0.3) is 0 Å². The average Bonchev–Trinajstić information content (AvgIpc) is 3.15. The summed E-state index contributed by atoms with van der Waals surface area (Å²) in [5.74, 6) is -2.94. The number of hydrogen-bond acceptors (Lipinski definition) is 5. The van der Waals surface area contributed by atoms with Gasteiger partial charge in [0.15, 0.2) is 11.6 Å². The van der Waals surface area contributed by atoms with E-state index in [4.69, 9.17) is 11.6 Å². The van der Waals surface area contributed by atoms with Crippen LogP contribution in [0.15, 0.2) is 64.8 Å². The summed E-state index contributed by atoms with van der Waals surface area (Å²) in [6.45, 7) is 7.11. The molecule has 39 heavy (non-hydrogen) atoms. The number of halogens is 1. The fourth-order valence-electron chi connectivity index (χ4n) is 6.87. The van der Waals surface area contributed by atoms with Crippen LogP contribution in [0.2, 0.25) is 5.02 Å². The Morgan fingerprint density at radius 3 is 2.26 bits per heavy atom. The second-order valence-corrected chi connectivity index (χ2v) is 11.6. The van der Waals surface area contributed by atoms with Crippen LogP contribution in [-0.2, 0) is 19.2 Å². The van der Waals surface area contributed by atoms with Gasteiger partial charge in [0.2, 0.25) is 11.8 Å². The first kappa shape index (κ1) is 25.5. The molecule has 1 fully saturated rings. The van der Waals surface area contributed by atoms with Gasteiger partial charge in [-0.2, -0.15) is 0 Å². The molecule has 0 radical (unpaired) electrons. The lowest BCUT2D eigenvalue weighted by Gasteiger charge is -2.42. The Bertz CT molecular complexity index is 1600. The van der Waals surface area contributed by atoms with Gasteiger partial charge >= 0.3 is 0 Å². The van der Waals surface area contributed by atoms with Crippen molar-refractivity contribution >= 4 is 40.7 Å². The second kappa shape index (κ2) is 8.88. The number of carbonyl (C=O) groups is 4. The molecule has 0 unspecified atom stereocenters. The Balaban J connectivity index is 1.50. The number of rotatable bonds is 2. The summed E-state index contributed by atoms with van der Waals surface area (Å²) in [6, 6.07) is 8.85. The maximum absolute atomic E-state index is 14.0. The molecular weight excluding hydrogens is 514 g/mol. The van der Waals surface area contributed by atoms with Crippen molar-refractivity contribution in [1.29, 1.82) is 0 Å². The molecule has 6 nitrogen and oxygen atoms in total. The van der Waals surface area contributed by atoms with E-state index < -0.39 is 23.7 Å². The lowest BCUT2D eigenvalue weighted by Crippen LogP contribution is -2.39. The quantitative estimate of drug-likeness (QED) is 0.303. The summed E-state index contributed by atoms with van der Waals surface area (Å²) in [5, 5.41) is 10.9. The van der Waals surface area contributed by atoms with Crippen LogP contribution < -0.4 is 4.90 Å². The molecule has 3 aliphatic carbocycles. The molecule has 2 amide bonds. The van der Waals surface area contributed by atoms with E-state index in [1.807, 2.05) is 25.1 Å². The number of allylic oxidation sites excluding steroid dienone is 6. The zero-order valence-corrected chi connectivity index (χ0v) is 22.9. The third-order valence-corrected chi connectivity index (χ3v) is 9.23. The molecule has 1 aliphatic heterocycles. The van der Waals surface area contributed by atoms with Gasteiger partial charge in [-0.05, 0) is 86.9 Å². The van der Waals surface area contributed by atoms with Gasteiger partial charge in [0.25, 0.3) is 0 Å². The first-order chi connectivity index (χ1) is 18.5. The number of imide groups is 1. The van der Waals surface area contributed by atoms with Crippen LogP contribution in [0, 0.1) is 38.5 Å². The highest BCUT2D eigenvalue weighted by molar-refractivity contribution is 6.32. The Labute approximate surface area is 231 Å². The molecule has 0 saturated carbocycles. The summed E-state index contributed by atoms with van der Waals surface area (Å²) in [5.41, 5.74) is 5.55. The highest BCUT2D eigenvalue weighted by atomic mass is 35.5. The van der Waals surface area contributed by atoms with E-state index in [0.29, 0.717) is 45.0 Å². The molecule has 0 aromatic heterocycles. The van der Waals surface area contributed by atoms with Crippen molar-refractivity contribution in [2.75, 3.05) is 4.90 Å². The van der Waals surface area contributed by atoms with Gasteiger partial charge in [-0.25, -0.2) is 4.90 Å². The van der Waals surface area contributed by atoms with Gasteiger partial charge in [-0.1, -0.05) is 41.4 Å². The van der Waals surface area contributed by atoms with E-state index in [0.717, 1.165) is 16.7 Å². The van der Waals surface area contributed by atoms with Crippen molar-refractivity contribution in [2.24, 2.45) is 17.8 Å². The van der Waals surface area contributed by atoms with E-state index in [1.165, 1.54) is 11.0 Å². The summed E-state index contributed by atoms with van der Waals surface area (Å²) in [7, 11) is 0. The minimum Gasteiger partial charge on any atom is -0.507 e. The lowest BCUT2D eigenvalue weighted by molar-refractivity contribution is -0.123. The first-order valence-electron chi connectivity index (χ1n) is 13.1. The third kappa shape index (κ3) is 3.69. The summed E-state index contributed by atoms with van der Waals surface area (Å²) in [6.07, 6.45) is 3.97. The zero-order chi connectivity index (χ0) is 27.9. The van der Waals surface area contributed by atoms with Gasteiger partial charge in [0.05, 0.1) is 17.5 Å². The number of ketones is 2. The zero-order valence-electron chi connectivity index (χ0n) is 22.2. The fraction of sp³-hybridized carbons (Fsp3) is 0.312. The van der Waals surface area contributed by atoms with Crippen molar-refractivity contribution in [3.05, 3.63) is 92.1 Å². The molecule has 198 valence electrons. The number of phenolic OH excluding ortho intramolecular Hbond substituents is 1. The third-order valence-electron chi connectivity index (χ3n) is 8.83. The lowest BCUT2D eigenvalue weighted by atomic mass is 9.59.